The number of halogens is 2. The van der Waals surface area contributed by atoms with Gasteiger partial charge >= 0.3 is 0 Å². The average Bonchev–Trinajstić information content (AvgIpc) is 2.44. The third kappa shape index (κ3) is 4.86. The molecule has 21 heavy (non-hydrogen) atoms. The number of carbonyl (C=O) groups is 1. The molecule has 2 rings (SSSR count). The van der Waals surface area contributed by atoms with Crippen LogP contribution in [0.15, 0.2) is 46.9 Å². The molecule has 5 heteroatoms. The van der Waals surface area contributed by atoms with Gasteiger partial charge in [0.25, 0.3) is 0 Å². The van der Waals surface area contributed by atoms with E-state index in [-0.39, 0.29) is 11.7 Å². The molecule has 3 nitrogen and oxygen atoms in total. The molecule has 0 bridgehead atoms. The maximum atomic E-state index is 12.7. The normalized spacial score (nSPS) is 10.2. The van der Waals surface area contributed by atoms with E-state index in [1.165, 1.54) is 12.1 Å². The highest BCUT2D eigenvalue weighted by Crippen LogP contribution is 2.23. The molecule has 1 amide bonds. The van der Waals surface area contributed by atoms with Gasteiger partial charge in [0, 0.05) is 23.1 Å². The Hall–Kier alpha value is -1.88. The van der Waals surface area contributed by atoms with Crippen molar-refractivity contribution in [2.45, 2.75) is 13.3 Å². The van der Waals surface area contributed by atoms with E-state index in [0.29, 0.717) is 13.0 Å². The van der Waals surface area contributed by atoms with Gasteiger partial charge in [0.15, 0.2) is 0 Å². The largest absolute Gasteiger partial charge is 0.385 e. The van der Waals surface area contributed by atoms with Crippen molar-refractivity contribution in [3.63, 3.8) is 0 Å². The summed E-state index contributed by atoms with van der Waals surface area (Å²) in [5, 5.41) is 5.92. The number of hydrogen-bond acceptors (Lipinski definition) is 2. The molecule has 0 aliphatic rings. The number of anilines is 2. The van der Waals surface area contributed by atoms with Crippen molar-refractivity contribution < 1.29 is 9.18 Å². The molecule has 0 unspecified atom stereocenters. The molecule has 0 atom stereocenters. The van der Waals surface area contributed by atoms with E-state index >= 15 is 0 Å². The molecular weight excluding hydrogens is 335 g/mol. The van der Waals surface area contributed by atoms with Crippen LogP contribution in [0.2, 0.25) is 0 Å². The summed E-state index contributed by atoms with van der Waals surface area (Å²) in [5.74, 6) is -0.350. The van der Waals surface area contributed by atoms with Crippen molar-refractivity contribution in [2.24, 2.45) is 0 Å². The predicted octanol–water partition coefficient (Wildman–Crippen LogP) is 4.34. The summed E-state index contributed by atoms with van der Waals surface area (Å²) >= 11 is 3.42. The standard InChI is InChI=1S/C16H16BrFN2O/c1-11-2-7-15(14(17)10-11)20-16(21)8-9-19-13-5-3-12(18)4-6-13/h2-7,10,19H,8-9H2,1H3,(H,20,21). The summed E-state index contributed by atoms with van der Waals surface area (Å²) in [6.45, 7) is 2.48. The Morgan fingerprint density at radius 1 is 1.19 bits per heavy atom. The Morgan fingerprint density at radius 2 is 1.90 bits per heavy atom. The lowest BCUT2D eigenvalue weighted by Crippen LogP contribution is -2.16. The number of hydrogen-bond donors (Lipinski definition) is 2. The highest BCUT2D eigenvalue weighted by Gasteiger charge is 2.05. The first-order valence-corrected chi connectivity index (χ1v) is 7.39. The van der Waals surface area contributed by atoms with Crippen molar-refractivity contribution in [1.82, 2.24) is 0 Å². The summed E-state index contributed by atoms with van der Waals surface area (Å²) < 4.78 is 13.6. The van der Waals surface area contributed by atoms with Crippen LogP contribution in [0.1, 0.15) is 12.0 Å². The lowest BCUT2D eigenvalue weighted by Gasteiger charge is -2.09. The van der Waals surface area contributed by atoms with Gasteiger partial charge in [0.05, 0.1) is 5.69 Å². The van der Waals surface area contributed by atoms with E-state index in [1.807, 2.05) is 25.1 Å². The second kappa shape index (κ2) is 7.22. The number of amides is 1. The number of carbonyl (C=O) groups excluding carboxylic acids is 1. The zero-order valence-corrected chi connectivity index (χ0v) is 13.2. The van der Waals surface area contributed by atoms with Gasteiger partial charge in [-0.05, 0) is 64.8 Å². The van der Waals surface area contributed by atoms with Crippen LogP contribution in [0.25, 0.3) is 0 Å². The van der Waals surface area contributed by atoms with Crippen molar-refractivity contribution in [1.29, 1.82) is 0 Å². The minimum Gasteiger partial charge on any atom is -0.385 e. The molecule has 2 N–H and O–H groups in total. The molecule has 0 aromatic heterocycles. The van der Waals surface area contributed by atoms with Gasteiger partial charge in [-0.2, -0.15) is 0 Å². The second-order valence-corrected chi connectivity index (χ2v) is 5.57. The number of nitrogens with one attached hydrogen (secondary N) is 2. The minimum atomic E-state index is -0.275. The average molecular weight is 351 g/mol. The van der Waals surface area contributed by atoms with Crippen LogP contribution in [0.3, 0.4) is 0 Å². The van der Waals surface area contributed by atoms with Gasteiger partial charge < -0.3 is 10.6 Å². The predicted molar refractivity (Wildman–Crippen MR) is 87.0 cm³/mol. The van der Waals surface area contributed by atoms with Gasteiger partial charge in [-0.1, -0.05) is 6.07 Å². The molecule has 0 saturated carbocycles. The summed E-state index contributed by atoms with van der Waals surface area (Å²) in [6.07, 6.45) is 0.331. The SMILES string of the molecule is Cc1ccc(NC(=O)CCNc2ccc(F)cc2)c(Br)c1. The highest BCUT2D eigenvalue weighted by molar-refractivity contribution is 9.10. The fourth-order valence-electron chi connectivity index (χ4n) is 1.82. The number of benzene rings is 2. The first-order chi connectivity index (χ1) is 10.0. The third-order valence-electron chi connectivity index (χ3n) is 2.92. The Bertz CT molecular complexity index is 629. The Labute approximate surface area is 131 Å². The van der Waals surface area contributed by atoms with Gasteiger partial charge in [-0.25, -0.2) is 4.39 Å². The first-order valence-electron chi connectivity index (χ1n) is 6.60. The number of rotatable bonds is 5. The maximum absolute atomic E-state index is 12.7. The molecule has 0 spiro atoms. The van der Waals surface area contributed by atoms with E-state index in [9.17, 15) is 9.18 Å². The van der Waals surface area contributed by atoms with Crippen molar-refractivity contribution >= 4 is 33.2 Å². The quantitative estimate of drug-likeness (QED) is 0.842. The molecule has 2 aromatic carbocycles. The number of aryl methyl sites for hydroxylation is 1. The smallest absolute Gasteiger partial charge is 0.226 e. The van der Waals surface area contributed by atoms with Gasteiger partial charge in [0.2, 0.25) is 5.91 Å². The van der Waals surface area contributed by atoms with E-state index in [1.54, 1.807) is 12.1 Å². The van der Waals surface area contributed by atoms with E-state index in [0.717, 1.165) is 21.4 Å². The third-order valence-corrected chi connectivity index (χ3v) is 3.58. The lowest BCUT2D eigenvalue weighted by atomic mass is 10.2. The Kier molecular flexibility index (Phi) is 5.33. The topological polar surface area (TPSA) is 41.1 Å². The molecule has 0 saturated heterocycles. The van der Waals surface area contributed by atoms with Crippen LogP contribution < -0.4 is 10.6 Å². The summed E-state index contributed by atoms with van der Waals surface area (Å²) in [6, 6.07) is 11.8. The monoisotopic (exact) mass is 350 g/mol. The van der Waals surface area contributed by atoms with Gasteiger partial charge in [0.1, 0.15) is 5.82 Å². The fraction of sp³-hybridized carbons (Fsp3) is 0.188. The molecule has 0 aliphatic heterocycles. The molecule has 110 valence electrons. The van der Waals surface area contributed by atoms with E-state index in [4.69, 9.17) is 0 Å². The molecule has 0 radical (unpaired) electrons. The maximum Gasteiger partial charge on any atom is 0.226 e. The first kappa shape index (κ1) is 15.5. The molecular formula is C16H16BrFN2O. The minimum absolute atomic E-state index is 0.0748. The van der Waals surface area contributed by atoms with E-state index < -0.39 is 0 Å². The summed E-state index contributed by atoms with van der Waals surface area (Å²) in [4.78, 5) is 11.9. The zero-order valence-electron chi connectivity index (χ0n) is 11.6. The fourth-order valence-corrected chi connectivity index (χ4v) is 2.41. The zero-order chi connectivity index (χ0) is 15.2. The Morgan fingerprint density at radius 3 is 2.57 bits per heavy atom. The second-order valence-electron chi connectivity index (χ2n) is 4.72. The van der Waals surface area contributed by atoms with Crippen molar-refractivity contribution in [3.05, 3.63) is 58.3 Å². The van der Waals surface area contributed by atoms with Crippen LogP contribution >= 0.6 is 15.9 Å². The summed E-state index contributed by atoms with van der Waals surface area (Å²) in [5.41, 5.74) is 2.67. The molecule has 0 fully saturated rings. The van der Waals surface area contributed by atoms with Crippen LogP contribution in [-0.2, 0) is 4.79 Å². The van der Waals surface area contributed by atoms with Gasteiger partial charge in [-0.3, -0.25) is 4.79 Å². The highest BCUT2D eigenvalue weighted by atomic mass is 79.9. The van der Waals surface area contributed by atoms with Crippen LogP contribution in [0, 0.1) is 12.7 Å². The molecule has 0 aliphatic carbocycles. The van der Waals surface area contributed by atoms with Crippen LogP contribution in [0.4, 0.5) is 15.8 Å². The van der Waals surface area contributed by atoms with Crippen LogP contribution in [-0.4, -0.2) is 12.5 Å². The molecule has 2 aromatic rings. The van der Waals surface area contributed by atoms with Gasteiger partial charge in [-0.15, -0.1) is 0 Å². The lowest BCUT2D eigenvalue weighted by molar-refractivity contribution is -0.115. The van der Waals surface area contributed by atoms with Crippen molar-refractivity contribution in [2.75, 3.05) is 17.2 Å². The Balaban J connectivity index is 1.81. The molecule has 0 heterocycles. The van der Waals surface area contributed by atoms with Crippen molar-refractivity contribution in [3.8, 4) is 0 Å². The van der Waals surface area contributed by atoms with Crippen LogP contribution in [0.5, 0.6) is 0 Å². The summed E-state index contributed by atoms with van der Waals surface area (Å²) in [7, 11) is 0. The van der Waals surface area contributed by atoms with E-state index in [2.05, 4.69) is 26.6 Å².